The number of para-hydroxylation sites is 1. The van der Waals surface area contributed by atoms with Crippen molar-refractivity contribution in [2.75, 3.05) is 28.4 Å². The average Bonchev–Trinajstić information content (AvgIpc) is 3.24. The second-order valence-electron chi connectivity index (χ2n) is 11.8. The van der Waals surface area contributed by atoms with Gasteiger partial charge in [0, 0.05) is 12.1 Å². The van der Waals surface area contributed by atoms with Crippen molar-refractivity contribution in [3.63, 3.8) is 0 Å². The molecule has 6 aromatic rings. The molecule has 56 heavy (non-hydrogen) atoms. The lowest BCUT2D eigenvalue weighted by Crippen LogP contribution is -2.12. The maximum Gasteiger partial charge on any atom is 0.347 e. The van der Waals surface area contributed by atoms with E-state index in [2.05, 4.69) is 0 Å². The van der Waals surface area contributed by atoms with Crippen molar-refractivity contribution in [1.29, 1.82) is 0 Å². The molecule has 282 valence electrons. The monoisotopic (exact) mass is 754 g/mol. The third-order valence-corrected chi connectivity index (χ3v) is 8.32. The molecule has 12 heteroatoms. The lowest BCUT2D eigenvalue weighted by atomic mass is 10.1. The molecule has 6 aromatic carbocycles. The van der Waals surface area contributed by atoms with Crippen LogP contribution in [0.4, 0.5) is 0 Å². The number of hydrogen-bond donors (Lipinski definition) is 0. The molecule has 0 aliphatic rings. The van der Waals surface area contributed by atoms with Crippen molar-refractivity contribution in [3.8, 4) is 57.1 Å². The van der Waals surface area contributed by atoms with E-state index in [0.29, 0.717) is 28.7 Å². The van der Waals surface area contributed by atoms with Gasteiger partial charge >= 0.3 is 23.9 Å². The van der Waals surface area contributed by atoms with Gasteiger partial charge in [0.2, 0.25) is 0 Å². The molecule has 0 spiro atoms. The van der Waals surface area contributed by atoms with Crippen LogP contribution in [-0.4, -0.2) is 52.3 Å². The van der Waals surface area contributed by atoms with Crippen molar-refractivity contribution in [1.82, 2.24) is 0 Å². The van der Waals surface area contributed by atoms with Crippen LogP contribution in [0.3, 0.4) is 0 Å². The lowest BCUT2D eigenvalue weighted by molar-refractivity contribution is 0.0717. The minimum absolute atomic E-state index is 0.128. The van der Waals surface area contributed by atoms with Gasteiger partial charge in [-0.25, -0.2) is 19.2 Å². The Bertz CT molecular complexity index is 2350. The maximum absolute atomic E-state index is 12.9. The van der Waals surface area contributed by atoms with Gasteiger partial charge in [-0.2, -0.15) is 0 Å². The maximum atomic E-state index is 12.9. The van der Waals surface area contributed by atoms with E-state index in [0.717, 1.165) is 11.1 Å². The molecule has 0 saturated carbocycles. The van der Waals surface area contributed by atoms with Gasteiger partial charge in [-0.05, 0) is 96.1 Å². The minimum atomic E-state index is -0.691. The zero-order valence-electron chi connectivity index (χ0n) is 30.6. The van der Waals surface area contributed by atoms with Crippen LogP contribution in [0.5, 0.6) is 46.0 Å². The first kappa shape index (κ1) is 38.1. The molecule has 0 aromatic heterocycles. The predicted octanol–water partition coefficient (Wildman–Crippen LogP) is 8.26. The largest absolute Gasteiger partial charge is 0.496 e. The van der Waals surface area contributed by atoms with Crippen LogP contribution < -0.4 is 37.9 Å². The zero-order valence-corrected chi connectivity index (χ0v) is 30.6. The molecule has 0 aliphatic heterocycles. The Morgan fingerprint density at radius 2 is 0.696 bits per heavy atom. The van der Waals surface area contributed by atoms with Crippen molar-refractivity contribution in [3.05, 3.63) is 156 Å². The fraction of sp³-hybridized carbons (Fsp3) is 0.0909. The smallest absolute Gasteiger partial charge is 0.347 e. The lowest BCUT2D eigenvalue weighted by Gasteiger charge is -2.13. The topological polar surface area (TPSA) is 142 Å². The molecule has 0 saturated heterocycles. The molecular formula is C44H34O12. The third kappa shape index (κ3) is 8.95. The van der Waals surface area contributed by atoms with E-state index in [9.17, 15) is 19.2 Å². The van der Waals surface area contributed by atoms with Gasteiger partial charge in [0.25, 0.3) is 0 Å². The van der Waals surface area contributed by atoms with E-state index in [-0.39, 0.29) is 39.5 Å². The molecule has 6 rings (SSSR count). The summed E-state index contributed by atoms with van der Waals surface area (Å²) < 4.78 is 43.1. The van der Waals surface area contributed by atoms with Crippen LogP contribution >= 0.6 is 0 Å². The number of hydrogen-bond acceptors (Lipinski definition) is 12. The highest BCUT2D eigenvalue weighted by atomic mass is 16.6. The molecule has 0 atom stereocenters. The van der Waals surface area contributed by atoms with Crippen LogP contribution in [-0.2, 0) is 0 Å². The summed E-state index contributed by atoms with van der Waals surface area (Å²) in [6, 6.07) is 35.4. The standard InChI is InChI=1S/C44H34O12/c1-49-37-8-6-5-7-35(37)43(47)55-33-21-13-29(14-22-33)41(45)53-31-17-9-27(10-18-31)28-11-19-32(20-12-28)54-42(46)30-15-23-34(24-16-30)56-44(48)36-25-39(51-3)40(52-4)26-38(36)50-2/h5-26H,1-4H3. The summed E-state index contributed by atoms with van der Waals surface area (Å²) in [6.45, 7) is 0. The molecule has 12 nitrogen and oxygen atoms in total. The molecule has 0 heterocycles. The molecule has 0 bridgehead atoms. The van der Waals surface area contributed by atoms with Gasteiger partial charge < -0.3 is 37.9 Å². The van der Waals surface area contributed by atoms with E-state index in [1.807, 2.05) is 0 Å². The Morgan fingerprint density at radius 1 is 0.339 bits per heavy atom. The van der Waals surface area contributed by atoms with Gasteiger partial charge in [0.1, 0.15) is 45.6 Å². The number of carbonyl (C=O) groups is 4. The fourth-order valence-corrected chi connectivity index (χ4v) is 5.41. The first-order valence-corrected chi connectivity index (χ1v) is 16.9. The quantitative estimate of drug-likeness (QED) is 0.0828. The molecule has 0 radical (unpaired) electrons. The summed E-state index contributed by atoms with van der Waals surface area (Å²) in [5.41, 5.74) is 2.58. The Balaban J connectivity index is 1.01. The van der Waals surface area contributed by atoms with Crippen LogP contribution in [0.1, 0.15) is 41.4 Å². The summed E-state index contributed by atoms with van der Waals surface area (Å²) in [6.07, 6.45) is 0. The predicted molar refractivity (Wildman–Crippen MR) is 204 cm³/mol. The average molecular weight is 755 g/mol. The Morgan fingerprint density at radius 3 is 1.12 bits per heavy atom. The van der Waals surface area contributed by atoms with E-state index in [4.69, 9.17) is 37.9 Å². The SMILES string of the molecule is COc1cc(OC)c(C(=O)Oc2ccc(C(=O)Oc3ccc(-c4ccc(OC(=O)c5ccc(OC(=O)c6ccccc6OC)cc5)cc4)cc3)cc2)cc1OC. The van der Waals surface area contributed by atoms with Crippen LogP contribution in [0.15, 0.2) is 133 Å². The second-order valence-corrected chi connectivity index (χ2v) is 11.8. The van der Waals surface area contributed by atoms with Gasteiger partial charge in [-0.15, -0.1) is 0 Å². The van der Waals surface area contributed by atoms with Gasteiger partial charge in [-0.3, -0.25) is 0 Å². The van der Waals surface area contributed by atoms with Gasteiger partial charge in [-0.1, -0.05) is 36.4 Å². The summed E-state index contributed by atoms with van der Waals surface area (Å²) in [5, 5.41) is 0. The molecule has 0 fully saturated rings. The van der Waals surface area contributed by atoms with Gasteiger partial charge in [0.05, 0.1) is 39.6 Å². The first-order chi connectivity index (χ1) is 27.2. The van der Waals surface area contributed by atoms with Crippen LogP contribution in [0.25, 0.3) is 11.1 Å². The van der Waals surface area contributed by atoms with E-state index >= 15 is 0 Å². The molecule has 0 amide bonds. The van der Waals surface area contributed by atoms with Crippen molar-refractivity contribution in [2.45, 2.75) is 0 Å². The third-order valence-electron chi connectivity index (χ3n) is 8.32. The molecule has 0 unspecified atom stereocenters. The number of benzene rings is 6. The number of carbonyl (C=O) groups excluding carboxylic acids is 4. The fourth-order valence-electron chi connectivity index (χ4n) is 5.41. The number of ether oxygens (including phenoxy) is 8. The zero-order chi connectivity index (χ0) is 39.6. The molecular weight excluding hydrogens is 720 g/mol. The van der Waals surface area contributed by atoms with Crippen LogP contribution in [0.2, 0.25) is 0 Å². The number of rotatable bonds is 13. The van der Waals surface area contributed by atoms with Crippen molar-refractivity contribution in [2.24, 2.45) is 0 Å². The van der Waals surface area contributed by atoms with Gasteiger partial charge in [0.15, 0.2) is 11.5 Å². The summed E-state index contributed by atoms with van der Waals surface area (Å²) in [7, 11) is 5.81. The van der Waals surface area contributed by atoms with Crippen LogP contribution in [0, 0.1) is 0 Å². The van der Waals surface area contributed by atoms with E-state index in [1.54, 1.807) is 72.8 Å². The Labute approximate surface area is 321 Å². The number of methoxy groups -OCH3 is 4. The highest BCUT2D eigenvalue weighted by molar-refractivity contribution is 5.96. The highest BCUT2D eigenvalue weighted by Crippen LogP contribution is 2.35. The highest BCUT2D eigenvalue weighted by Gasteiger charge is 2.20. The van der Waals surface area contributed by atoms with Crippen molar-refractivity contribution >= 4 is 23.9 Å². The second kappa shape index (κ2) is 17.5. The summed E-state index contributed by atoms with van der Waals surface area (Å²) in [5.74, 6) is -0.00797. The minimum Gasteiger partial charge on any atom is -0.496 e. The summed E-state index contributed by atoms with van der Waals surface area (Å²) >= 11 is 0. The molecule has 0 aliphatic carbocycles. The Hall–Kier alpha value is -7.60. The molecule has 0 N–H and O–H groups in total. The first-order valence-electron chi connectivity index (χ1n) is 16.9. The summed E-state index contributed by atoms with van der Waals surface area (Å²) in [4.78, 5) is 51.1. The number of esters is 4. The van der Waals surface area contributed by atoms with Crippen molar-refractivity contribution < 1.29 is 57.1 Å². The normalized spacial score (nSPS) is 10.4. The Kier molecular flexibility index (Phi) is 11.9. The van der Waals surface area contributed by atoms with E-state index < -0.39 is 23.9 Å². The van der Waals surface area contributed by atoms with E-state index in [1.165, 1.54) is 89.1 Å².